The second kappa shape index (κ2) is 6.67. The second-order valence-corrected chi connectivity index (χ2v) is 7.15. The van der Waals surface area contributed by atoms with Crippen molar-refractivity contribution in [1.29, 1.82) is 0 Å². The molecule has 0 radical (unpaired) electrons. The van der Waals surface area contributed by atoms with Crippen LogP contribution in [0.3, 0.4) is 0 Å². The third-order valence-corrected chi connectivity index (χ3v) is 4.92. The van der Waals surface area contributed by atoms with E-state index in [1.54, 1.807) is 0 Å². The lowest BCUT2D eigenvalue weighted by molar-refractivity contribution is -0.141. The van der Waals surface area contributed by atoms with E-state index in [2.05, 4.69) is 19.2 Å². The van der Waals surface area contributed by atoms with Crippen LogP contribution in [-0.4, -0.2) is 41.1 Å². The van der Waals surface area contributed by atoms with Crippen LogP contribution >= 0.6 is 0 Å². The van der Waals surface area contributed by atoms with Crippen molar-refractivity contribution < 1.29 is 14.7 Å². The van der Waals surface area contributed by atoms with Gasteiger partial charge in [0.05, 0.1) is 0 Å². The van der Waals surface area contributed by atoms with Crippen LogP contribution in [0.1, 0.15) is 58.8 Å². The molecule has 0 aromatic heterocycles. The number of urea groups is 1. The van der Waals surface area contributed by atoms with Gasteiger partial charge in [0.2, 0.25) is 0 Å². The molecular weight excluding hydrogens is 268 g/mol. The van der Waals surface area contributed by atoms with Crippen LogP contribution in [0, 0.1) is 11.3 Å². The molecule has 5 heteroatoms. The standard InChI is InChI=1S/C16H28N2O3/c1-12(2)10-16(7-3-4-8-16)11-17-15(21)18-9-5-6-13(18)14(19)20/h12-13H,3-11H2,1-2H3,(H,17,21)(H,19,20)/t13-/m0/s1. The number of carboxylic acid groups (broad SMARTS) is 1. The average Bonchev–Trinajstić information content (AvgIpc) is 3.04. The molecule has 1 aliphatic heterocycles. The highest BCUT2D eigenvalue weighted by Gasteiger charge is 2.37. The maximum absolute atomic E-state index is 12.3. The Bertz CT molecular complexity index is 389. The third kappa shape index (κ3) is 3.89. The van der Waals surface area contributed by atoms with Crippen molar-refractivity contribution in [3.8, 4) is 0 Å². The zero-order valence-corrected chi connectivity index (χ0v) is 13.2. The minimum atomic E-state index is -0.889. The molecular formula is C16H28N2O3. The van der Waals surface area contributed by atoms with Crippen molar-refractivity contribution in [3.05, 3.63) is 0 Å². The molecule has 1 saturated heterocycles. The van der Waals surface area contributed by atoms with Crippen molar-refractivity contribution >= 4 is 12.0 Å². The summed E-state index contributed by atoms with van der Waals surface area (Å²) in [6, 6.07) is -0.843. The molecule has 2 fully saturated rings. The molecule has 2 rings (SSSR count). The predicted molar refractivity (Wildman–Crippen MR) is 81.1 cm³/mol. The fourth-order valence-electron chi connectivity index (χ4n) is 4.08. The molecule has 1 heterocycles. The SMILES string of the molecule is CC(C)CC1(CNC(=O)N2CCC[C@H]2C(=O)O)CCCC1. The molecule has 0 aromatic carbocycles. The number of rotatable bonds is 5. The minimum Gasteiger partial charge on any atom is -0.480 e. The lowest BCUT2D eigenvalue weighted by Gasteiger charge is -2.32. The zero-order chi connectivity index (χ0) is 15.5. The lowest BCUT2D eigenvalue weighted by atomic mass is 9.78. The predicted octanol–water partition coefficient (Wildman–Crippen LogP) is 2.85. The van der Waals surface area contributed by atoms with E-state index in [0.717, 1.165) is 12.8 Å². The molecule has 1 aliphatic carbocycles. The molecule has 0 bridgehead atoms. The molecule has 2 N–H and O–H groups in total. The van der Waals surface area contributed by atoms with Gasteiger partial charge in [0.25, 0.3) is 0 Å². The minimum absolute atomic E-state index is 0.199. The fraction of sp³-hybridized carbons (Fsp3) is 0.875. The van der Waals surface area contributed by atoms with Gasteiger partial charge in [0.1, 0.15) is 6.04 Å². The van der Waals surface area contributed by atoms with E-state index in [0.29, 0.717) is 25.4 Å². The highest BCUT2D eigenvalue weighted by atomic mass is 16.4. The number of nitrogens with one attached hydrogen (secondary N) is 1. The maximum Gasteiger partial charge on any atom is 0.326 e. The van der Waals surface area contributed by atoms with E-state index in [1.165, 1.54) is 30.6 Å². The first-order valence-corrected chi connectivity index (χ1v) is 8.21. The van der Waals surface area contributed by atoms with Gasteiger partial charge in [-0.25, -0.2) is 9.59 Å². The second-order valence-electron chi connectivity index (χ2n) is 7.15. The first kappa shape index (κ1) is 16.1. The van der Waals surface area contributed by atoms with Crippen molar-refractivity contribution in [1.82, 2.24) is 10.2 Å². The molecule has 120 valence electrons. The van der Waals surface area contributed by atoms with Gasteiger partial charge in [-0.2, -0.15) is 0 Å². The van der Waals surface area contributed by atoms with Crippen LogP contribution in [0.2, 0.25) is 0 Å². The Morgan fingerprint density at radius 1 is 1.29 bits per heavy atom. The van der Waals surface area contributed by atoms with Crippen LogP contribution in [0.5, 0.6) is 0 Å². The van der Waals surface area contributed by atoms with Gasteiger partial charge in [-0.05, 0) is 43.4 Å². The Morgan fingerprint density at radius 3 is 2.52 bits per heavy atom. The third-order valence-electron chi connectivity index (χ3n) is 4.92. The maximum atomic E-state index is 12.3. The number of aliphatic carboxylic acids is 1. The number of carbonyl (C=O) groups is 2. The summed E-state index contributed by atoms with van der Waals surface area (Å²) in [5.74, 6) is -0.265. The van der Waals surface area contributed by atoms with Crippen LogP contribution in [0.4, 0.5) is 4.79 Å². The van der Waals surface area contributed by atoms with Crippen LogP contribution in [0.15, 0.2) is 0 Å². The summed E-state index contributed by atoms with van der Waals surface area (Å²) >= 11 is 0. The summed E-state index contributed by atoms with van der Waals surface area (Å²) in [4.78, 5) is 24.9. The summed E-state index contributed by atoms with van der Waals surface area (Å²) in [5.41, 5.74) is 0.224. The van der Waals surface area contributed by atoms with Gasteiger partial charge in [-0.15, -0.1) is 0 Å². The number of amides is 2. The number of likely N-dealkylation sites (tertiary alicyclic amines) is 1. The zero-order valence-electron chi connectivity index (χ0n) is 13.2. The summed E-state index contributed by atoms with van der Waals surface area (Å²) in [5, 5.41) is 12.2. The van der Waals surface area contributed by atoms with Gasteiger partial charge < -0.3 is 15.3 Å². The Balaban J connectivity index is 1.91. The van der Waals surface area contributed by atoms with Crippen molar-refractivity contribution in [2.24, 2.45) is 11.3 Å². The number of hydrogen-bond acceptors (Lipinski definition) is 2. The molecule has 1 atom stereocenters. The van der Waals surface area contributed by atoms with Crippen molar-refractivity contribution in [2.75, 3.05) is 13.1 Å². The smallest absolute Gasteiger partial charge is 0.326 e. The van der Waals surface area contributed by atoms with Crippen molar-refractivity contribution in [2.45, 2.75) is 64.8 Å². The molecule has 21 heavy (non-hydrogen) atoms. The summed E-state index contributed by atoms with van der Waals surface area (Å²) in [6.07, 6.45) is 7.31. The van der Waals surface area contributed by atoms with Gasteiger partial charge in [-0.1, -0.05) is 26.7 Å². The average molecular weight is 296 g/mol. The number of nitrogens with zero attached hydrogens (tertiary/aromatic N) is 1. The van der Waals surface area contributed by atoms with Crippen molar-refractivity contribution in [3.63, 3.8) is 0 Å². The fourth-order valence-corrected chi connectivity index (χ4v) is 4.08. The first-order chi connectivity index (χ1) is 9.93. The van der Waals surface area contributed by atoms with E-state index in [4.69, 9.17) is 5.11 Å². The van der Waals surface area contributed by atoms with E-state index in [-0.39, 0.29) is 11.4 Å². The Labute approximate surface area is 127 Å². The topological polar surface area (TPSA) is 69.6 Å². The normalized spacial score (nSPS) is 24.5. The summed E-state index contributed by atoms with van der Waals surface area (Å²) in [6.45, 7) is 5.69. The van der Waals surface area contributed by atoms with E-state index >= 15 is 0 Å². The quantitative estimate of drug-likeness (QED) is 0.819. The van der Waals surface area contributed by atoms with Crippen LogP contribution in [-0.2, 0) is 4.79 Å². The highest BCUT2D eigenvalue weighted by molar-refractivity contribution is 5.83. The van der Waals surface area contributed by atoms with Crippen LogP contribution in [0.25, 0.3) is 0 Å². The van der Waals surface area contributed by atoms with E-state index < -0.39 is 12.0 Å². The molecule has 1 saturated carbocycles. The highest BCUT2D eigenvalue weighted by Crippen LogP contribution is 2.42. The molecule has 0 unspecified atom stereocenters. The summed E-state index contributed by atoms with van der Waals surface area (Å²) < 4.78 is 0. The number of carbonyl (C=O) groups excluding carboxylic acids is 1. The Hall–Kier alpha value is -1.26. The Morgan fingerprint density at radius 2 is 1.95 bits per heavy atom. The van der Waals surface area contributed by atoms with Gasteiger partial charge >= 0.3 is 12.0 Å². The van der Waals surface area contributed by atoms with E-state index in [1.807, 2.05) is 0 Å². The Kier molecular flexibility index (Phi) is 5.12. The van der Waals surface area contributed by atoms with E-state index in [9.17, 15) is 9.59 Å². The largest absolute Gasteiger partial charge is 0.480 e. The first-order valence-electron chi connectivity index (χ1n) is 8.21. The molecule has 0 aromatic rings. The monoisotopic (exact) mass is 296 g/mol. The lowest BCUT2D eigenvalue weighted by Crippen LogP contribution is -2.48. The number of carboxylic acids is 1. The van der Waals surface area contributed by atoms with Crippen LogP contribution < -0.4 is 5.32 Å². The summed E-state index contributed by atoms with van der Waals surface area (Å²) in [7, 11) is 0. The molecule has 0 spiro atoms. The van der Waals surface area contributed by atoms with Gasteiger partial charge in [-0.3, -0.25) is 0 Å². The number of hydrogen-bond donors (Lipinski definition) is 2. The molecule has 2 aliphatic rings. The van der Waals surface area contributed by atoms with Gasteiger partial charge in [0.15, 0.2) is 0 Å². The molecule has 5 nitrogen and oxygen atoms in total. The van der Waals surface area contributed by atoms with Gasteiger partial charge in [0, 0.05) is 13.1 Å². The molecule has 2 amide bonds.